The highest BCUT2D eigenvalue weighted by Gasteiger charge is 2.19. The molecule has 162 valence electrons. The molecule has 0 atom stereocenters. The predicted molar refractivity (Wildman–Crippen MR) is 124 cm³/mol. The second-order valence-electron chi connectivity index (χ2n) is 7.09. The average molecular weight is 457 g/mol. The monoisotopic (exact) mass is 457 g/mol. The summed E-state index contributed by atoms with van der Waals surface area (Å²) in [5.74, 6) is -0.126. The van der Waals surface area contributed by atoms with Crippen LogP contribution in [0.4, 0.5) is 11.5 Å². The van der Waals surface area contributed by atoms with Crippen LogP contribution in [0.5, 0.6) is 0 Å². The van der Waals surface area contributed by atoms with Gasteiger partial charge in [0.2, 0.25) is 0 Å². The first-order valence-electron chi connectivity index (χ1n) is 9.80. The Morgan fingerprint density at radius 1 is 1.12 bits per heavy atom. The molecule has 0 aliphatic heterocycles. The van der Waals surface area contributed by atoms with E-state index in [0.717, 1.165) is 20.8 Å². The third kappa shape index (κ3) is 3.92. The lowest BCUT2D eigenvalue weighted by Crippen LogP contribution is -2.15. The lowest BCUT2D eigenvalue weighted by atomic mass is 10.2. The van der Waals surface area contributed by atoms with Gasteiger partial charge >= 0.3 is 0 Å². The van der Waals surface area contributed by atoms with E-state index in [1.165, 1.54) is 16.8 Å². The smallest absolute Gasteiger partial charge is 0.279 e. The van der Waals surface area contributed by atoms with Gasteiger partial charge in [-0.25, -0.2) is 14.6 Å². The second-order valence-corrected chi connectivity index (χ2v) is 8.12. The van der Waals surface area contributed by atoms with E-state index in [9.17, 15) is 14.9 Å². The van der Waals surface area contributed by atoms with Crippen molar-refractivity contribution in [2.75, 3.05) is 5.32 Å². The molecule has 0 aliphatic rings. The number of thiazole rings is 1. The Morgan fingerprint density at radius 3 is 2.73 bits per heavy atom. The van der Waals surface area contributed by atoms with Crippen LogP contribution in [-0.4, -0.2) is 35.8 Å². The zero-order valence-corrected chi connectivity index (χ0v) is 18.0. The number of para-hydroxylation sites is 1. The maximum absolute atomic E-state index is 12.7. The molecule has 0 saturated carbocycles. The molecule has 0 unspecified atom stereocenters. The van der Waals surface area contributed by atoms with Crippen LogP contribution in [0.25, 0.3) is 26.5 Å². The van der Waals surface area contributed by atoms with Gasteiger partial charge in [-0.3, -0.25) is 14.9 Å². The molecule has 1 amide bonds. The number of nitrogens with one attached hydrogen (secondary N) is 1. The van der Waals surface area contributed by atoms with Gasteiger partial charge in [-0.15, -0.1) is 16.4 Å². The van der Waals surface area contributed by atoms with Gasteiger partial charge in [0.15, 0.2) is 5.69 Å². The van der Waals surface area contributed by atoms with Gasteiger partial charge in [0.05, 0.1) is 26.5 Å². The number of aromatic nitrogens is 5. The van der Waals surface area contributed by atoms with Gasteiger partial charge in [0, 0.05) is 23.9 Å². The number of rotatable bonds is 5. The third-order valence-electron chi connectivity index (χ3n) is 4.94. The summed E-state index contributed by atoms with van der Waals surface area (Å²) in [5, 5.41) is 22.5. The summed E-state index contributed by atoms with van der Waals surface area (Å²) in [4.78, 5) is 32.2. The number of nitrogens with zero attached hydrogens (tertiary/aromatic N) is 6. The van der Waals surface area contributed by atoms with Crippen LogP contribution in [-0.2, 0) is 0 Å². The summed E-state index contributed by atoms with van der Waals surface area (Å²) in [6.07, 6.45) is 1.65. The standard InChI is InChI=1S/C22H15N7O3S/c1-13-20(26-27-28(13)15-5-4-6-16(11-15)29(31)32)21(30)25-19-10-9-14(12-23-19)22-24-17-7-2-3-8-18(17)33-22/h2-12H,1H3,(H,23,25,30). The number of nitro groups is 1. The Morgan fingerprint density at radius 2 is 1.97 bits per heavy atom. The fourth-order valence-corrected chi connectivity index (χ4v) is 4.24. The van der Waals surface area contributed by atoms with Crippen molar-refractivity contribution in [1.82, 2.24) is 25.0 Å². The van der Waals surface area contributed by atoms with E-state index in [2.05, 4.69) is 25.6 Å². The summed E-state index contributed by atoms with van der Waals surface area (Å²) >= 11 is 1.57. The average Bonchev–Trinajstić information content (AvgIpc) is 3.43. The number of carbonyl (C=O) groups excluding carboxylic acids is 1. The highest BCUT2D eigenvalue weighted by Crippen LogP contribution is 2.30. The molecule has 1 N–H and O–H groups in total. The lowest BCUT2D eigenvalue weighted by Gasteiger charge is -2.05. The molecular weight excluding hydrogens is 442 g/mol. The van der Waals surface area contributed by atoms with Gasteiger partial charge in [0.25, 0.3) is 11.6 Å². The summed E-state index contributed by atoms with van der Waals surface area (Å²) in [5.41, 5.74) is 2.68. The van der Waals surface area contributed by atoms with Crippen molar-refractivity contribution in [3.05, 3.63) is 88.4 Å². The number of nitro benzene ring substituents is 1. The number of benzene rings is 2. The van der Waals surface area contributed by atoms with E-state index in [1.807, 2.05) is 30.3 Å². The van der Waals surface area contributed by atoms with Crippen molar-refractivity contribution >= 4 is 39.0 Å². The van der Waals surface area contributed by atoms with Crippen LogP contribution in [0.15, 0.2) is 66.9 Å². The maximum Gasteiger partial charge on any atom is 0.279 e. The van der Waals surface area contributed by atoms with E-state index in [1.54, 1.807) is 42.7 Å². The fraction of sp³-hybridized carbons (Fsp3) is 0.0455. The molecule has 3 heterocycles. The molecule has 0 spiro atoms. The minimum Gasteiger partial charge on any atom is -0.305 e. The summed E-state index contributed by atoms with van der Waals surface area (Å²) < 4.78 is 2.47. The molecule has 33 heavy (non-hydrogen) atoms. The molecule has 0 aliphatic carbocycles. The second kappa shape index (κ2) is 8.20. The largest absolute Gasteiger partial charge is 0.305 e. The summed E-state index contributed by atoms with van der Waals surface area (Å²) in [6, 6.07) is 17.4. The molecule has 0 radical (unpaired) electrons. The van der Waals surface area contributed by atoms with Crippen LogP contribution >= 0.6 is 11.3 Å². The van der Waals surface area contributed by atoms with Crippen LogP contribution in [0, 0.1) is 17.0 Å². The molecule has 0 bridgehead atoms. The number of carbonyl (C=O) groups is 1. The van der Waals surface area contributed by atoms with E-state index in [-0.39, 0.29) is 11.4 Å². The molecule has 5 aromatic rings. The van der Waals surface area contributed by atoms with Gasteiger partial charge in [0.1, 0.15) is 10.8 Å². The van der Waals surface area contributed by atoms with Crippen molar-refractivity contribution in [3.8, 4) is 16.3 Å². The Kier molecular flexibility index (Phi) is 5.07. The maximum atomic E-state index is 12.7. The minimum absolute atomic E-state index is 0.0779. The van der Waals surface area contributed by atoms with E-state index in [4.69, 9.17) is 0 Å². The van der Waals surface area contributed by atoms with Gasteiger partial charge in [-0.1, -0.05) is 23.4 Å². The van der Waals surface area contributed by atoms with E-state index in [0.29, 0.717) is 17.2 Å². The Hall–Kier alpha value is -4.51. The highest BCUT2D eigenvalue weighted by molar-refractivity contribution is 7.21. The minimum atomic E-state index is -0.493. The summed E-state index contributed by atoms with van der Waals surface area (Å²) in [7, 11) is 0. The molecule has 3 aromatic heterocycles. The topological polar surface area (TPSA) is 129 Å². The van der Waals surface area contributed by atoms with Gasteiger partial charge in [-0.05, 0) is 37.3 Å². The molecule has 0 fully saturated rings. The first kappa shape index (κ1) is 20.4. The number of hydrogen-bond donors (Lipinski definition) is 1. The van der Waals surface area contributed by atoms with E-state index >= 15 is 0 Å². The number of hydrogen-bond acceptors (Lipinski definition) is 8. The Labute approximate surface area is 190 Å². The molecule has 10 nitrogen and oxygen atoms in total. The Bertz CT molecular complexity index is 1480. The number of pyridine rings is 1. The third-order valence-corrected chi connectivity index (χ3v) is 6.03. The number of non-ortho nitro benzene ring substituents is 1. The van der Waals surface area contributed by atoms with Crippen molar-refractivity contribution in [2.45, 2.75) is 6.92 Å². The normalized spacial score (nSPS) is 10.9. The van der Waals surface area contributed by atoms with E-state index < -0.39 is 10.8 Å². The van der Waals surface area contributed by atoms with Crippen molar-refractivity contribution < 1.29 is 9.72 Å². The first-order valence-corrected chi connectivity index (χ1v) is 10.6. The number of anilines is 1. The van der Waals surface area contributed by atoms with Crippen molar-refractivity contribution in [2.24, 2.45) is 0 Å². The van der Waals surface area contributed by atoms with Gasteiger partial charge in [-0.2, -0.15) is 0 Å². The molecule has 5 rings (SSSR count). The van der Waals surface area contributed by atoms with Crippen LogP contribution < -0.4 is 5.32 Å². The lowest BCUT2D eigenvalue weighted by molar-refractivity contribution is -0.384. The predicted octanol–water partition coefficient (Wildman–Crippen LogP) is 4.41. The molecule has 0 saturated heterocycles. The van der Waals surface area contributed by atoms with Crippen LogP contribution in [0.3, 0.4) is 0 Å². The zero-order chi connectivity index (χ0) is 22.9. The number of amides is 1. The quantitative estimate of drug-likeness (QED) is 0.306. The zero-order valence-electron chi connectivity index (χ0n) is 17.2. The van der Waals surface area contributed by atoms with Crippen molar-refractivity contribution in [3.63, 3.8) is 0 Å². The number of fused-ring (bicyclic) bond motifs is 1. The molecule has 11 heteroatoms. The van der Waals surface area contributed by atoms with Crippen LogP contribution in [0.1, 0.15) is 16.2 Å². The van der Waals surface area contributed by atoms with Crippen LogP contribution in [0.2, 0.25) is 0 Å². The van der Waals surface area contributed by atoms with Gasteiger partial charge < -0.3 is 5.32 Å². The first-order chi connectivity index (χ1) is 16.0. The Balaban J connectivity index is 1.35. The fourth-order valence-electron chi connectivity index (χ4n) is 3.29. The summed E-state index contributed by atoms with van der Waals surface area (Å²) in [6.45, 7) is 1.66. The highest BCUT2D eigenvalue weighted by atomic mass is 32.1. The SMILES string of the molecule is Cc1c(C(=O)Nc2ccc(-c3nc4ccccc4s3)cn2)nnn1-c1cccc([N+](=O)[O-])c1. The van der Waals surface area contributed by atoms with Crippen molar-refractivity contribution in [1.29, 1.82) is 0 Å². The molecular formula is C22H15N7O3S. The molecule has 2 aromatic carbocycles.